The highest BCUT2D eigenvalue weighted by Gasteiger charge is 2.06. The van der Waals surface area contributed by atoms with Crippen LogP contribution in [0.15, 0.2) is 12.3 Å². The third-order valence-electron chi connectivity index (χ3n) is 2.27. The Balaban J connectivity index is 2.36. The summed E-state index contributed by atoms with van der Waals surface area (Å²) in [5.41, 5.74) is 6.13. The smallest absolute Gasteiger partial charge is 0.337 e. The molecule has 0 saturated carbocycles. The van der Waals surface area contributed by atoms with Gasteiger partial charge in [0.2, 0.25) is 0 Å². The zero-order valence-electron chi connectivity index (χ0n) is 10.5. The maximum atomic E-state index is 10.7. The molecule has 0 amide bonds. The first-order valence-electron chi connectivity index (χ1n) is 5.95. The summed E-state index contributed by atoms with van der Waals surface area (Å²) in [5.74, 6) is -0.524. The predicted octanol–water partition coefficient (Wildman–Crippen LogP) is 1.59. The van der Waals surface area contributed by atoms with Crippen LogP contribution in [-0.2, 0) is 4.74 Å². The molecule has 1 heterocycles. The lowest BCUT2D eigenvalue weighted by molar-refractivity contribution is 0.0696. The first-order valence-corrected chi connectivity index (χ1v) is 5.95. The maximum absolute atomic E-state index is 10.7. The number of pyridine rings is 1. The lowest BCUT2D eigenvalue weighted by Crippen LogP contribution is -2.10. The summed E-state index contributed by atoms with van der Waals surface area (Å²) in [6.07, 6.45) is 3.15. The van der Waals surface area contributed by atoms with E-state index < -0.39 is 5.97 Å². The number of carbonyl (C=O) groups is 1. The third-order valence-corrected chi connectivity index (χ3v) is 2.27. The Labute approximate surface area is 106 Å². The third kappa shape index (κ3) is 4.58. The van der Waals surface area contributed by atoms with Crippen molar-refractivity contribution in [2.75, 3.05) is 30.8 Å². The summed E-state index contributed by atoms with van der Waals surface area (Å²) in [6.45, 7) is 4.21. The van der Waals surface area contributed by atoms with Crippen LogP contribution < -0.4 is 11.1 Å². The summed E-state index contributed by atoms with van der Waals surface area (Å²) in [7, 11) is 0. The van der Waals surface area contributed by atoms with Gasteiger partial charge in [-0.05, 0) is 18.9 Å². The quantitative estimate of drug-likeness (QED) is 0.609. The molecule has 0 aliphatic carbocycles. The van der Waals surface area contributed by atoms with Gasteiger partial charge in [-0.15, -0.1) is 0 Å². The molecule has 0 aromatic carbocycles. The van der Waals surface area contributed by atoms with Gasteiger partial charge in [-0.2, -0.15) is 0 Å². The molecular weight excluding hydrogens is 234 g/mol. The van der Waals surface area contributed by atoms with E-state index in [1.54, 1.807) is 0 Å². The zero-order valence-corrected chi connectivity index (χ0v) is 10.5. The van der Waals surface area contributed by atoms with E-state index in [-0.39, 0.29) is 5.56 Å². The van der Waals surface area contributed by atoms with Gasteiger partial charge in [-0.25, -0.2) is 9.78 Å². The molecule has 0 radical (unpaired) electrons. The molecule has 0 bridgehead atoms. The molecule has 100 valence electrons. The van der Waals surface area contributed by atoms with Crippen LogP contribution in [0.5, 0.6) is 0 Å². The minimum Gasteiger partial charge on any atom is -0.478 e. The molecule has 0 spiro atoms. The first-order chi connectivity index (χ1) is 8.65. The van der Waals surface area contributed by atoms with E-state index in [1.165, 1.54) is 12.3 Å². The number of rotatable bonds is 8. The summed E-state index contributed by atoms with van der Waals surface area (Å²) in [5, 5.41) is 11.8. The van der Waals surface area contributed by atoms with Crippen LogP contribution in [0.2, 0.25) is 0 Å². The highest BCUT2D eigenvalue weighted by Crippen LogP contribution is 2.16. The maximum Gasteiger partial charge on any atom is 0.337 e. The van der Waals surface area contributed by atoms with Crippen LogP contribution in [0.3, 0.4) is 0 Å². The Kier molecular flexibility index (Phi) is 5.93. The number of anilines is 2. The van der Waals surface area contributed by atoms with Crippen molar-refractivity contribution < 1.29 is 14.6 Å². The van der Waals surface area contributed by atoms with Crippen molar-refractivity contribution in [3.63, 3.8) is 0 Å². The Morgan fingerprint density at radius 3 is 2.94 bits per heavy atom. The zero-order chi connectivity index (χ0) is 13.4. The number of hydrogen-bond acceptors (Lipinski definition) is 5. The number of carboxylic acid groups (broad SMARTS) is 1. The molecule has 1 aromatic rings. The highest BCUT2D eigenvalue weighted by atomic mass is 16.5. The van der Waals surface area contributed by atoms with Crippen LogP contribution in [-0.4, -0.2) is 35.8 Å². The minimum atomic E-state index is -1.03. The van der Waals surface area contributed by atoms with Crippen molar-refractivity contribution in [2.45, 2.75) is 19.8 Å². The van der Waals surface area contributed by atoms with Crippen molar-refractivity contribution in [2.24, 2.45) is 0 Å². The summed E-state index contributed by atoms with van der Waals surface area (Å²) >= 11 is 0. The van der Waals surface area contributed by atoms with Crippen LogP contribution >= 0.6 is 0 Å². The molecule has 0 fully saturated rings. The van der Waals surface area contributed by atoms with Gasteiger partial charge >= 0.3 is 5.97 Å². The molecule has 1 rings (SSSR count). The fourth-order valence-electron chi connectivity index (χ4n) is 1.37. The molecule has 18 heavy (non-hydrogen) atoms. The second kappa shape index (κ2) is 7.50. The van der Waals surface area contributed by atoms with E-state index in [4.69, 9.17) is 15.6 Å². The van der Waals surface area contributed by atoms with E-state index in [1.807, 2.05) is 0 Å². The second-order valence-electron chi connectivity index (χ2n) is 3.86. The molecule has 0 unspecified atom stereocenters. The van der Waals surface area contributed by atoms with Crippen molar-refractivity contribution in [1.82, 2.24) is 4.98 Å². The van der Waals surface area contributed by atoms with Gasteiger partial charge in [0.1, 0.15) is 5.82 Å². The molecule has 6 nitrogen and oxygen atoms in total. The monoisotopic (exact) mass is 253 g/mol. The number of nitrogens with two attached hydrogens (primary N) is 1. The van der Waals surface area contributed by atoms with E-state index in [9.17, 15) is 4.79 Å². The largest absolute Gasteiger partial charge is 0.478 e. The van der Waals surface area contributed by atoms with Crippen molar-refractivity contribution in [3.05, 3.63) is 17.8 Å². The first kappa shape index (κ1) is 14.2. The molecule has 0 aliphatic heterocycles. The minimum absolute atomic E-state index is 0.0873. The SMILES string of the molecule is CCCOCCCNc1ncc(C(=O)O)cc1N. The number of nitrogens with zero attached hydrogens (tertiary/aromatic N) is 1. The number of aromatic carboxylic acids is 1. The van der Waals surface area contributed by atoms with Gasteiger partial charge in [0.15, 0.2) is 0 Å². The predicted molar refractivity (Wildman–Crippen MR) is 69.8 cm³/mol. The van der Waals surface area contributed by atoms with Gasteiger partial charge in [-0.3, -0.25) is 0 Å². The van der Waals surface area contributed by atoms with E-state index in [2.05, 4.69) is 17.2 Å². The Bertz CT molecular complexity index is 396. The molecule has 0 atom stereocenters. The molecule has 6 heteroatoms. The molecule has 0 aliphatic rings. The topological polar surface area (TPSA) is 97.5 Å². The van der Waals surface area contributed by atoms with Crippen molar-refractivity contribution >= 4 is 17.5 Å². The van der Waals surface area contributed by atoms with Crippen LogP contribution in [0.4, 0.5) is 11.5 Å². The van der Waals surface area contributed by atoms with Crippen LogP contribution in [0.25, 0.3) is 0 Å². The fourth-order valence-corrected chi connectivity index (χ4v) is 1.37. The lowest BCUT2D eigenvalue weighted by atomic mass is 10.2. The number of ether oxygens (including phenoxy) is 1. The molecule has 1 aromatic heterocycles. The Hall–Kier alpha value is -1.82. The number of nitrogen functional groups attached to an aromatic ring is 1. The standard InChI is InChI=1S/C12H19N3O3/c1-2-5-18-6-3-4-14-11-10(13)7-9(8-15-11)12(16)17/h7-8H,2-6,13H2,1H3,(H,14,15)(H,16,17). The van der Waals surface area contributed by atoms with E-state index in [0.717, 1.165) is 19.4 Å². The normalized spacial score (nSPS) is 10.3. The number of hydrogen-bond donors (Lipinski definition) is 3. The fraction of sp³-hybridized carbons (Fsp3) is 0.500. The number of carboxylic acids is 1. The van der Waals surface area contributed by atoms with E-state index in [0.29, 0.717) is 24.7 Å². The molecular formula is C12H19N3O3. The number of aromatic nitrogens is 1. The summed E-state index contributed by atoms with van der Waals surface area (Å²) < 4.78 is 5.33. The second-order valence-corrected chi connectivity index (χ2v) is 3.86. The number of nitrogens with one attached hydrogen (secondary N) is 1. The molecule has 0 saturated heterocycles. The van der Waals surface area contributed by atoms with Crippen LogP contribution in [0, 0.1) is 0 Å². The summed E-state index contributed by atoms with van der Waals surface area (Å²) in [4.78, 5) is 14.7. The van der Waals surface area contributed by atoms with Gasteiger partial charge < -0.3 is 20.9 Å². The van der Waals surface area contributed by atoms with Crippen LogP contribution in [0.1, 0.15) is 30.1 Å². The average molecular weight is 253 g/mol. The Morgan fingerprint density at radius 2 is 2.33 bits per heavy atom. The lowest BCUT2D eigenvalue weighted by Gasteiger charge is -2.08. The Morgan fingerprint density at radius 1 is 1.56 bits per heavy atom. The van der Waals surface area contributed by atoms with E-state index >= 15 is 0 Å². The van der Waals surface area contributed by atoms with Gasteiger partial charge in [0.25, 0.3) is 0 Å². The van der Waals surface area contributed by atoms with Gasteiger partial charge in [0.05, 0.1) is 11.3 Å². The average Bonchev–Trinajstić information content (AvgIpc) is 2.35. The van der Waals surface area contributed by atoms with Crippen molar-refractivity contribution in [3.8, 4) is 0 Å². The van der Waals surface area contributed by atoms with Crippen molar-refractivity contribution in [1.29, 1.82) is 0 Å². The van der Waals surface area contributed by atoms with Gasteiger partial charge in [0, 0.05) is 26.0 Å². The molecule has 4 N–H and O–H groups in total. The highest BCUT2D eigenvalue weighted by molar-refractivity contribution is 5.89. The van der Waals surface area contributed by atoms with Gasteiger partial charge in [-0.1, -0.05) is 6.92 Å². The summed E-state index contributed by atoms with van der Waals surface area (Å²) in [6, 6.07) is 1.39.